The maximum atomic E-state index is 13.2. The SMILES string of the molecule is CC(=NCc1ccccc1C(F)(F)F)/C(CN(C)CCCOc1ccc(C(F)(F)F)cc1)=C(/C)N. The number of allylic oxidation sites excluding steroid dienone is 1. The minimum atomic E-state index is -4.45. The van der Waals surface area contributed by atoms with Crippen molar-refractivity contribution < 1.29 is 31.1 Å². The fourth-order valence-corrected chi connectivity index (χ4v) is 3.37. The second-order valence-electron chi connectivity index (χ2n) is 8.18. The third-order valence-electron chi connectivity index (χ3n) is 5.28. The zero-order valence-electron chi connectivity index (χ0n) is 19.8. The molecule has 0 fully saturated rings. The molecule has 0 spiro atoms. The number of benzene rings is 2. The fourth-order valence-electron chi connectivity index (χ4n) is 3.37. The normalized spacial score (nSPS) is 13.7. The molecule has 0 heterocycles. The first-order valence-electron chi connectivity index (χ1n) is 10.9. The fraction of sp³-hybridized carbons (Fsp3) is 0.400. The lowest BCUT2D eigenvalue weighted by atomic mass is 10.1. The highest BCUT2D eigenvalue weighted by Crippen LogP contribution is 2.32. The highest BCUT2D eigenvalue weighted by molar-refractivity contribution is 5.99. The van der Waals surface area contributed by atoms with Crippen molar-refractivity contribution >= 4 is 5.71 Å². The smallest absolute Gasteiger partial charge is 0.416 e. The average Bonchev–Trinajstić information content (AvgIpc) is 2.78. The van der Waals surface area contributed by atoms with Crippen molar-refractivity contribution in [1.82, 2.24) is 4.90 Å². The predicted molar refractivity (Wildman–Crippen MR) is 124 cm³/mol. The Morgan fingerprint density at radius 1 is 0.943 bits per heavy atom. The van der Waals surface area contributed by atoms with Crippen molar-refractivity contribution in [2.75, 3.05) is 26.7 Å². The second-order valence-corrected chi connectivity index (χ2v) is 8.18. The number of nitrogens with zero attached hydrogens (tertiary/aromatic N) is 2. The van der Waals surface area contributed by atoms with Gasteiger partial charge >= 0.3 is 12.4 Å². The van der Waals surface area contributed by atoms with Gasteiger partial charge in [-0.1, -0.05) is 18.2 Å². The number of hydrogen-bond acceptors (Lipinski definition) is 4. The summed E-state index contributed by atoms with van der Waals surface area (Å²) >= 11 is 0. The Labute approximate surface area is 201 Å². The largest absolute Gasteiger partial charge is 0.494 e. The number of hydrogen-bond donors (Lipinski definition) is 1. The summed E-state index contributed by atoms with van der Waals surface area (Å²) in [4.78, 5) is 6.31. The predicted octanol–water partition coefficient (Wildman–Crippen LogP) is 6.32. The van der Waals surface area contributed by atoms with E-state index in [1.807, 2.05) is 11.9 Å². The van der Waals surface area contributed by atoms with Crippen LogP contribution in [0.5, 0.6) is 5.75 Å². The minimum absolute atomic E-state index is 0.0853. The Bertz CT molecular complexity index is 1020. The van der Waals surface area contributed by atoms with E-state index in [9.17, 15) is 26.3 Å². The van der Waals surface area contributed by atoms with Crippen molar-refractivity contribution in [2.45, 2.75) is 39.2 Å². The van der Waals surface area contributed by atoms with Crippen molar-refractivity contribution in [3.8, 4) is 5.75 Å². The van der Waals surface area contributed by atoms with Crippen LogP contribution in [0.2, 0.25) is 0 Å². The van der Waals surface area contributed by atoms with Crippen LogP contribution >= 0.6 is 0 Å². The lowest BCUT2D eigenvalue weighted by molar-refractivity contribution is -0.138. The van der Waals surface area contributed by atoms with Gasteiger partial charge in [0.25, 0.3) is 0 Å². The van der Waals surface area contributed by atoms with Crippen LogP contribution in [-0.2, 0) is 18.9 Å². The van der Waals surface area contributed by atoms with Gasteiger partial charge in [-0.25, -0.2) is 0 Å². The van der Waals surface area contributed by atoms with E-state index in [-0.39, 0.29) is 12.1 Å². The molecule has 0 saturated carbocycles. The summed E-state index contributed by atoms with van der Waals surface area (Å²) in [5.74, 6) is 0.348. The molecule has 2 aromatic rings. The monoisotopic (exact) mass is 501 g/mol. The molecule has 35 heavy (non-hydrogen) atoms. The van der Waals surface area contributed by atoms with Crippen LogP contribution in [0.15, 0.2) is 64.8 Å². The molecule has 10 heteroatoms. The Morgan fingerprint density at radius 3 is 2.14 bits per heavy atom. The summed E-state index contributed by atoms with van der Waals surface area (Å²) in [7, 11) is 1.85. The van der Waals surface area contributed by atoms with Gasteiger partial charge in [-0.3, -0.25) is 4.99 Å². The maximum Gasteiger partial charge on any atom is 0.416 e. The van der Waals surface area contributed by atoms with Crippen molar-refractivity contribution in [3.05, 3.63) is 76.5 Å². The van der Waals surface area contributed by atoms with E-state index in [0.717, 1.165) is 23.8 Å². The summed E-state index contributed by atoms with van der Waals surface area (Å²) in [5, 5.41) is 0. The van der Waals surface area contributed by atoms with E-state index in [4.69, 9.17) is 10.5 Å². The van der Waals surface area contributed by atoms with Crippen molar-refractivity contribution in [2.24, 2.45) is 10.7 Å². The summed E-state index contributed by atoms with van der Waals surface area (Å²) in [6.07, 6.45) is -8.24. The molecule has 0 bridgehead atoms. The van der Waals surface area contributed by atoms with E-state index in [1.165, 1.54) is 24.3 Å². The molecule has 0 aliphatic carbocycles. The Hall–Kier alpha value is -3.01. The highest BCUT2D eigenvalue weighted by Gasteiger charge is 2.32. The Morgan fingerprint density at radius 2 is 1.57 bits per heavy atom. The van der Waals surface area contributed by atoms with Gasteiger partial charge < -0.3 is 15.4 Å². The Kier molecular flexibility index (Phi) is 9.76. The zero-order chi connectivity index (χ0) is 26.2. The first-order chi connectivity index (χ1) is 16.3. The average molecular weight is 502 g/mol. The van der Waals surface area contributed by atoms with Gasteiger partial charge in [0.15, 0.2) is 0 Å². The minimum Gasteiger partial charge on any atom is -0.494 e. The summed E-state index contributed by atoms with van der Waals surface area (Å²) in [5.41, 5.74) is 6.44. The molecule has 2 rings (SSSR count). The second kappa shape index (κ2) is 12.1. The van der Waals surface area contributed by atoms with Crippen LogP contribution < -0.4 is 10.5 Å². The first kappa shape index (κ1) is 28.2. The van der Waals surface area contributed by atoms with E-state index < -0.39 is 23.5 Å². The lowest BCUT2D eigenvalue weighted by Gasteiger charge is -2.20. The molecule has 0 unspecified atom stereocenters. The molecule has 0 amide bonds. The van der Waals surface area contributed by atoms with Crippen LogP contribution in [0.3, 0.4) is 0 Å². The molecule has 192 valence electrons. The molecule has 2 aromatic carbocycles. The number of halogens is 6. The number of aliphatic imine (C=N–C) groups is 1. The lowest BCUT2D eigenvalue weighted by Crippen LogP contribution is -2.27. The first-order valence-corrected chi connectivity index (χ1v) is 10.9. The molecule has 0 atom stereocenters. The highest BCUT2D eigenvalue weighted by atomic mass is 19.4. The molecule has 2 N–H and O–H groups in total. The molecule has 0 radical (unpaired) electrons. The topological polar surface area (TPSA) is 50.8 Å². The molecular weight excluding hydrogens is 472 g/mol. The third-order valence-corrected chi connectivity index (χ3v) is 5.28. The van der Waals surface area contributed by atoms with Gasteiger partial charge in [-0.05, 0) is 63.2 Å². The number of ether oxygens (including phenoxy) is 1. The standard InChI is InChI=1S/C25H29F6N3O/c1-17(32)22(18(2)33-15-19-7-4-5-8-23(19)25(29,30)31)16-34(3)13-6-14-35-21-11-9-20(10-12-21)24(26,27)28/h4-5,7-12H,6,13-16,32H2,1-3H3/b22-17-,33-18?. The molecule has 4 nitrogen and oxygen atoms in total. The number of nitrogens with two attached hydrogens (primary N) is 1. The van der Waals surface area contributed by atoms with E-state index in [2.05, 4.69) is 4.99 Å². The van der Waals surface area contributed by atoms with E-state index in [1.54, 1.807) is 19.9 Å². The summed E-state index contributed by atoms with van der Waals surface area (Å²) in [6.45, 7) is 4.63. The van der Waals surface area contributed by atoms with E-state index >= 15 is 0 Å². The van der Waals surface area contributed by atoms with Crippen molar-refractivity contribution in [3.63, 3.8) is 0 Å². The van der Waals surface area contributed by atoms with Crippen LogP contribution in [0, 0.1) is 0 Å². The van der Waals surface area contributed by atoms with Gasteiger partial charge in [0, 0.05) is 30.1 Å². The molecule has 0 saturated heterocycles. The van der Waals surface area contributed by atoms with Gasteiger partial charge in [-0.2, -0.15) is 26.3 Å². The quantitative estimate of drug-likeness (QED) is 0.236. The van der Waals surface area contributed by atoms with Gasteiger partial charge in [0.2, 0.25) is 0 Å². The zero-order valence-corrected chi connectivity index (χ0v) is 19.8. The van der Waals surface area contributed by atoms with Gasteiger partial charge in [0.05, 0.1) is 24.3 Å². The van der Waals surface area contributed by atoms with Crippen LogP contribution in [0.1, 0.15) is 37.0 Å². The van der Waals surface area contributed by atoms with Crippen molar-refractivity contribution in [1.29, 1.82) is 0 Å². The van der Waals surface area contributed by atoms with E-state index in [0.29, 0.717) is 43.3 Å². The number of alkyl halides is 6. The molecule has 0 aromatic heterocycles. The third kappa shape index (κ3) is 8.93. The molecule has 0 aliphatic rings. The summed E-state index contributed by atoms with van der Waals surface area (Å²) in [6, 6.07) is 9.82. The molecule has 0 aliphatic heterocycles. The maximum absolute atomic E-state index is 13.2. The van der Waals surface area contributed by atoms with Crippen LogP contribution in [-0.4, -0.2) is 37.4 Å². The van der Waals surface area contributed by atoms with Crippen LogP contribution in [0.4, 0.5) is 26.3 Å². The summed E-state index contributed by atoms with van der Waals surface area (Å²) < 4.78 is 83.0. The molecular formula is C25H29F6N3O. The van der Waals surface area contributed by atoms with Gasteiger partial charge in [-0.15, -0.1) is 0 Å². The number of rotatable bonds is 10. The Balaban J connectivity index is 1.90. The number of likely N-dealkylation sites (N-methyl/N-ethyl adjacent to an activating group) is 1. The van der Waals surface area contributed by atoms with Crippen LogP contribution in [0.25, 0.3) is 0 Å². The van der Waals surface area contributed by atoms with Gasteiger partial charge in [0.1, 0.15) is 5.75 Å².